The first-order chi connectivity index (χ1) is 13.9. The number of carbonyl (C=O) groups is 1. The van der Waals surface area contributed by atoms with Crippen LogP contribution in [-0.2, 0) is 21.6 Å². The molecule has 5 heteroatoms. The summed E-state index contributed by atoms with van der Waals surface area (Å²) in [4.78, 5) is 12.0. The molecule has 156 valence electrons. The van der Waals surface area contributed by atoms with Gasteiger partial charge in [0, 0.05) is 6.42 Å². The van der Waals surface area contributed by atoms with Gasteiger partial charge in [-0.25, -0.2) is 4.79 Å². The zero-order chi connectivity index (χ0) is 21.1. The molecule has 2 rings (SSSR count). The Morgan fingerprint density at radius 2 is 1.66 bits per heavy atom. The second-order valence-electron chi connectivity index (χ2n) is 8.04. The van der Waals surface area contributed by atoms with Crippen LogP contribution in [0.5, 0.6) is 5.75 Å². The molecular formula is C24H31NO4. The van der Waals surface area contributed by atoms with Crippen molar-refractivity contribution in [3.05, 3.63) is 65.7 Å². The topological polar surface area (TPSA) is 68.1 Å². The molecule has 0 aromatic heterocycles. The fraction of sp³-hybridized carbons (Fsp3) is 0.417. The van der Waals surface area contributed by atoms with Crippen molar-refractivity contribution in [1.82, 2.24) is 0 Å². The Labute approximate surface area is 173 Å². The van der Waals surface area contributed by atoms with Gasteiger partial charge in [-0.2, -0.15) is 0 Å². The smallest absolute Gasteiger partial charge is 0.356 e. The van der Waals surface area contributed by atoms with Crippen LogP contribution in [0.15, 0.2) is 59.8 Å². The number of oxime groups is 1. The average Bonchev–Trinajstić information content (AvgIpc) is 2.72. The lowest BCUT2D eigenvalue weighted by atomic mass is 9.87. The van der Waals surface area contributed by atoms with E-state index >= 15 is 0 Å². The number of benzene rings is 2. The molecule has 0 bridgehead atoms. The maximum Gasteiger partial charge on any atom is 0.356 e. The summed E-state index contributed by atoms with van der Waals surface area (Å²) in [5.41, 5.74) is 2.36. The van der Waals surface area contributed by atoms with Crippen molar-refractivity contribution in [3.8, 4) is 5.75 Å². The summed E-state index contributed by atoms with van der Waals surface area (Å²) >= 11 is 0. The molecule has 0 atom stereocenters. The summed E-state index contributed by atoms with van der Waals surface area (Å²) in [5, 5.41) is 12.2. The predicted octanol–water partition coefficient (Wildman–Crippen LogP) is 5.50. The molecule has 0 aliphatic carbocycles. The van der Waals surface area contributed by atoms with Crippen molar-refractivity contribution in [2.45, 2.75) is 58.5 Å². The van der Waals surface area contributed by atoms with E-state index in [4.69, 9.17) is 14.7 Å². The molecule has 0 aliphatic rings. The van der Waals surface area contributed by atoms with Crippen molar-refractivity contribution in [1.29, 1.82) is 0 Å². The van der Waals surface area contributed by atoms with Crippen LogP contribution >= 0.6 is 0 Å². The van der Waals surface area contributed by atoms with Crippen molar-refractivity contribution >= 4 is 11.7 Å². The molecule has 0 spiro atoms. The molecule has 5 nitrogen and oxygen atoms in total. The Bertz CT molecular complexity index is 777. The van der Waals surface area contributed by atoms with E-state index in [0.29, 0.717) is 13.0 Å². The first kappa shape index (κ1) is 22.5. The Morgan fingerprint density at radius 3 is 2.28 bits per heavy atom. The number of rotatable bonds is 10. The number of hydrogen-bond acceptors (Lipinski definition) is 5. The minimum atomic E-state index is -0.577. The quantitative estimate of drug-likeness (QED) is 0.189. The highest BCUT2D eigenvalue weighted by atomic mass is 16.5. The molecule has 0 amide bonds. The molecule has 2 aromatic carbocycles. The third kappa shape index (κ3) is 7.98. The first-order valence-corrected chi connectivity index (χ1v) is 10.1. The van der Waals surface area contributed by atoms with E-state index in [9.17, 15) is 4.79 Å². The lowest BCUT2D eigenvalue weighted by Gasteiger charge is -2.19. The number of ether oxygens (including phenoxy) is 2. The van der Waals surface area contributed by atoms with Gasteiger partial charge in [0.05, 0.1) is 6.61 Å². The molecule has 29 heavy (non-hydrogen) atoms. The largest absolute Gasteiger partial charge is 0.494 e. The molecule has 0 heterocycles. The summed E-state index contributed by atoms with van der Waals surface area (Å²) in [6, 6.07) is 17.6. The number of nitrogens with zero attached hydrogens (tertiary/aromatic N) is 1. The van der Waals surface area contributed by atoms with E-state index in [0.717, 1.165) is 30.6 Å². The van der Waals surface area contributed by atoms with Crippen LogP contribution in [0.3, 0.4) is 0 Å². The van der Waals surface area contributed by atoms with Crippen LogP contribution in [0.25, 0.3) is 0 Å². The third-order valence-electron chi connectivity index (χ3n) is 4.62. The van der Waals surface area contributed by atoms with Gasteiger partial charge in [0.2, 0.25) is 0 Å². The highest BCUT2D eigenvalue weighted by Gasteiger charge is 2.14. The van der Waals surface area contributed by atoms with Crippen LogP contribution in [0.2, 0.25) is 0 Å². The van der Waals surface area contributed by atoms with Crippen LogP contribution in [0.4, 0.5) is 0 Å². The van der Waals surface area contributed by atoms with Gasteiger partial charge in [0.15, 0.2) is 5.71 Å². The van der Waals surface area contributed by atoms with Gasteiger partial charge in [-0.3, -0.25) is 0 Å². The summed E-state index contributed by atoms with van der Waals surface area (Å²) in [7, 11) is 0. The molecule has 0 aliphatic heterocycles. The number of hydrogen-bond donors (Lipinski definition) is 1. The van der Waals surface area contributed by atoms with E-state index in [1.54, 1.807) is 0 Å². The molecule has 0 radical (unpaired) electrons. The van der Waals surface area contributed by atoms with Crippen molar-refractivity contribution < 1.29 is 19.5 Å². The SMILES string of the molecule is CC(C)(C)c1ccc(OCCCCC/C(=N/O)C(=O)OCc2ccccc2)cc1. The van der Waals surface area contributed by atoms with Gasteiger partial charge in [-0.1, -0.05) is 68.4 Å². The monoisotopic (exact) mass is 397 g/mol. The minimum Gasteiger partial charge on any atom is -0.494 e. The maximum absolute atomic E-state index is 12.0. The summed E-state index contributed by atoms with van der Waals surface area (Å²) in [6.45, 7) is 7.33. The van der Waals surface area contributed by atoms with Gasteiger partial charge >= 0.3 is 5.97 Å². The normalized spacial score (nSPS) is 11.9. The molecule has 0 saturated heterocycles. The number of carbonyl (C=O) groups excluding carboxylic acids is 1. The van der Waals surface area contributed by atoms with E-state index in [1.165, 1.54) is 5.56 Å². The maximum atomic E-state index is 12.0. The fourth-order valence-corrected chi connectivity index (χ4v) is 2.81. The van der Waals surface area contributed by atoms with Crippen LogP contribution < -0.4 is 4.74 Å². The van der Waals surface area contributed by atoms with Gasteiger partial charge in [0.25, 0.3) is 0 Å². The lowest BCUT2D eigenvalue weighted by molar-refractivity contribution is -0.137. The van der Waals surface area contributed by atoms with Crippen molar-refractivity contribution in [2.75, 3.05) is 6.61 Å². The molecule has 0 fully saturated rings. The fourth-order valence-electron chi connectivity index (χ4n) is 2.81. The Hall–Kier alpha value is -2.82. The van der Waals surface area contributed by atoms with Gasteiger partial charge < -0.3 is 14.7 Å². The molecule has 1 N–H and O–H groups in total. The average molecular weight is 398 g/mol. The lowest BCUT2D eigenvalue weighted by Crippen LogP contribution is -2.17. The van der Waals surface area contributed by atoms with Gasteiger partial charge in [-0.15, -0.1) is 0 Å². The van der Waals surface area contributed by atoms with Crippen LogP contribution in [0.1, 0.15) is 57.6 Å². The highest BCUT2D eigenvalue weighted by molar-refractivity contribution is 6.36. The Morgan fingerprint density at radius 1 is 0.966 bits per heavy atom. The zero-order valence-corrected chi connectivity index (χ0v) is 17.6. The number of unbranched alkanes of at least 4 members (excludes halogenated alkanes) is 2. The second kappa shape index (κ2) is 11.2. The molecular weight excluding hydrogens is 366 g/mol. The molecule has 0 unspecified atom stereocenters. The van der Waals surface area contributed by atoms with Gasteiger partial charge in [0.1, 0.15) is 12.4 Å². The summed E-state index contributed by atoms with van der Waals surface area (Å²) in [5.74, 6) is 0.284. The Balaban J connectivity index is 1.62. The number of esters is 1. The van der Waals surface area contributed by atoms with E-state index < -0.39 is 5.97 Å². The molecule has 2 aromatic rings. The highest BCUT2D eigenvalue weighted by Crippen LogP contribution is 2.24. The van der Waals surface area contributed by atoms with Crippen LogP contribution in [-0.4, -0.2) is 23.5 Å². The minimum absolute atomic E-state index is 0.0552. The Kier molecular flexibility index (Phi) is 8.71. The third-order valence-corrected chi connectivity index (χ3v) is 4.62. The van der Waals surface area contributed by atoms with E-state index in [-0.39, 0.29) is 17.7 Å². The predicted molar refractivity (Wildman–Crippen MR) is 115 cm³/mol. The first-order valence-electron chi connectivity index (χ1n) is 10.1. The van der Waals surface area contributed by atoms with E-state index in [2.05, 4.69) is 38.1 Å². The standard InChI is InChI=1S/C24H31NO4/c1-24(2,3)20-13-15-21(16-14-20)28-17-9-5-8-12-22(25-27)23(26)29-18-19-10-6-4-7-11-19/h4,6-7,10-11,13-16,27H,5,8-9,12,17-18H2,1-3H3/b25-22-. The van der Waals surface area contributed by atoms with Crippen molar-refractivity contribution in [2.24, 2.45) is 5.16 Å². The van der Waals surface area contributed by atoms with Crippen molar-refractivity contribution in [3.63, 3.8) is 0 Å². The summed E-state index contributed by atoms with van der Waals surface area (Å²) < 4.78 is 11.0. The van der Waals surface area contributed by atoms with Crippen LogP contribution in [0, 0.1) is 0 Å². The van der Waals surface area contributed by atoms with E-state index in [1.807, 2.05) is 42.5 Å². The zero-order valence-electron chi connectivity index (χ0n) is 17.6. The molecule has 0 saturated carbocycles. The summed E-state index contributed by atoms with van der Waals surface area (Å²) in [6.07, 6.45) is 2.83. The van der Waals surface area contributed by atoms with Gasteiger partial charge in [-0.05, 0) is 47.9 Å². The second-order valence-corrected chi connectivity index (χ2v) is 8.04.